The minimum Gasteiger partial charge on any atom is -0.466 e. The van der Waals surface area contributed by atoms with Crippen LogP contribution in [0.15, 0.2) is 11.0 Å². The van der Waals surface area contributed by atoms with E-state index in [9.17, 15) is 9.59 Å². The molecule has 0 radical (unpaired) electrons. The summed E-state index contributed by atoms with van der Waals surface area (Å²) in [5, 5.41) is 0. The van der Waals surface area contributed by atoms with Crippen LogP contribution in [0, 0.1) is 0 Å². The number of nitrogens with zero attached hydrogens (tertiary/aromatic N) is 1. The van der Waals surface area contributed by atoms with Gasteiger partial charge in [-0.25, -0.2) is 9.59 Å². The van der Waals surface area contributed by atoms with Crippen molar-refractivity contribution in [3.05, 3.63) is 11.0 Å². The van der Waals surface area contributed by atoms with Crippen molar-refractivity contribution in [1.29, 1.82) is 0 Å². The average Bonchev–Trinajstić information content (AvgIpc) is 2.90. The third kappa shape index (κ3) is 3.76. The Morgan fingerprint density at radius 2 is 1.65 bits per heavy atom. The quantitative estimate of drug-likeness (QED) is 0.552. The van der Waals surface area contributed by atoms with Gasteiger partial charge < -0.3 is 18.8 Å². The van der Waals surface area contributed by atoms with Crippen LogP contribution in [0.5, 0.6) is 0 Å². The van der Waals surface area contributed by atoms with E-state index in [1.54, 1.807) is 20.8 Å². The fraction of sp³-hybridized carbons (Fsp3) is 0.778. The van der Waals surface area contributed by atoms with Crippen molar-refractivity contribution < 1.29 is 28.4 Å². The van der Waals surface area contributed by atoms with Crippen molar-refractivity contribution in [1.82, 2.24) is 4.90 Å². The van der Waals surface area contributed by atoms with Gasteiger partial charge in [-0.1, -0.05) is 0 Å². The fourth-order valence-electron chi connectivity index (χ4n) is 2.98. The van der Waals surface area contributed by atoms with Gasteiger partial charge in [-0.15, -0.1) is 0 Å². The summed E-state index contributed by atoms with van der Waals surface area (Å²) in [5.41, 5.74) is -0.740. The Kier molecular flexibility index (Phi) is 5.25. The Labute approximate surface area is 156 Å². The van der Waals surface area contributed by atoms with Gasteiger partial charge in [0.1, 0.15) is 5.60 Å². The van der Waals surface area contributed by atoms with E-state index in [0.29, 0.717) is 11.0 Å². The molecule has 0 aromatic carbocycles. The lowest BCUT2D eigenvalue weighted by Crippen LogP contribution is -2.42. The van der Waals surface area contributed by atoms with E-state index in [4.69, 9.17) is 18.8 Å². The number of carbonyl (C=O) groups is 2. The van der Waals surface area contributed by atoms with Crippen LogP contribution in [0.25, 0.3) is 0 Å². The molecule has 26 heavy (non-hydrogen) atoms. The van der Waals surface area contributed by atoms with Gasteiger partial charge in [0.05, 0.1) is 36.5 Å². The number of amides is 1. The molecule has 8 heteroatoms. The molecule has 1 fully saturated rings. The highest BCUT2D eigenvalue weighted by Crippen LogP contribution is 2.42. The van der Waals surface area contributed by atoms with E-state index in [-0.39, 0.29) is 6.54 Å². The van der Waals surface area contributed by atoms with E-state index in [1.807, 2.05) is 34.6 Å². The van der Waals surface area contributed by atoms with Gasteiger partial charge >= 0.3 is 19.2 Å². The van der Waals surface area contributed by atoms with E-state index >= 15 is 0 Å². The van der Waals surface area contributed by atoms with Crippen LogP contribution in [0.4, 0.5) is 4.79 Å². The minimum absolute atomic E-state index is 0.0994. The number of ether oxygens (including phenoxy) is 2. The fourth-order valence-corrected chi connectivity index (χ4v) is 2.98. The lowest BCUT2D eigenvalue weighted by Gasteiger charge is -2.32. The lowest BCUT2D eigenvalue weighted by molar-refractivity contribution is -0.136. The van der Waals surface area contributed by atoms with Crippen molar-refractivity contribution in [3.8, 4) is 0 Å². The molecule has 0 aromatic rings. The first-order chi connectivity index (χ1) is 11.7. The molecule has 2 aliphatic heterocycles. The van der Waals surface area contributed by atoms with Gasteiger partial charge in [-0.05, 0) is 60.9 Å². The molecule has 2 rings (SSSR count). The molecule has 0 N–H and O–H groups in total. The van der Waals surface area contributed by atoms with E-state index in [2.05, 4.69) is 0 Å². The number of hydrogen-bond acceptors (Lipinski definition) is 6. The third-order valence-electron chi connectivity index (χ3n) is 5.16. The predicted octanol–water partition coefficient (Wildman–Crippen LogP) is 2.73. The molecule has 2 aliphatic rings. The smallest absolute Gasteiger partial charge is 0.466 e. The molecule has 0 saturated carbocycles. The maximum atomic E-state index is 12.6. The second kappa shape index (κ2) is 6.57. The maximum Gasteiger partial charge on any atom is 0.493 e. The summed E-state index contributed by atoms with van der Waals surface area (Å²) in [6.07, 6.45) is -0.488. The van der Waals surface area contributed by atoms with Crippen LogP contribution < -0.4 is 0 Å². The molecule has 0 unspecified atom stereocenters. The Hall–Kier alpha value is -1.54. The van der Waals surface area contributed by atoms with Gasteiger partial charge in [0.15, 0.2) is 0 Å². The minimum atomic E-state index is -0.725. The molecule has 1 atom stereocenters. The SMILES string of the molecule is COC(=O)C1=C(B2OC(C)(C)C(C)(C)O2)[C@H](C)N(C(=O)OC(C)(C)C)C1. The largest absolute Gasteiger partial charge is 0.493 e. The van der Waals surface area contributed by atoms with Crippen molar-refractivity contribution in [2.24, 2.45) is 0 Å². The standard InChI is InChI=1S/C18H30BNO6/c1-11-13(19-25-17(5,6)18(7,8)26-19)12(14(21)23-9)10-20(11)15(22)24-16(2,3)4/h11H,10H2,1-9H3/t11-/m0/s1. The predicted molar refractivity (Wildman–Crippen MR) is 97.5 cm³/mol. The summed E-state index contributed by atoms with van der Waals surface area (Å²) in [6.45, 7) is 15.1. The zero-order chi connectivity index (χ0) is 20.1. The molecule has 0 aromatic heterocycles. The number of esters is 1. The summed E-state index contributed by atoms with van der Waals surface area (Å²) in [5.74, 6) is -0.493. The van der Waals surface area contributed by atoms with Gasteiger partial charge in [-0.2, -0.15) is 0 Å². The van der Waals surface area contributed by atoms with Crippen LogP contribution in [0.1, 0.15) is 55.4 Å². The van der Waals surface area contributed by atoms with Gasteiger partial charge in [0.25, 0.3) is 0 Å². The van der Waals surface area contributed by atoms with Crippen molar-refractivity contribution >= 4 is 19.2 Å². The first kappa shape index (κ1) is 20.8. The Bertz CT molecular complexity index is 618. The van der Waals surface area contributed by atoms with Crippen molar-refractivity contribution in [2.75, 3.05) is 13.7 Å². The van der Waals surface area contributed by atoms with Crippen LogP contribution in [-0.2, 0) is 23.6 Å². The van der Waals surface area contributed by atoms with E-state index < -0.39 is 42.0 Å². The van der Waals surface area contributed by atoms with Gasteiger partial charge in [-0.3, -0.25) is 4.90 Å². The van der Waals surface area contributed by atoms with Gasteiger partial charge in [0.2, 0.25) is 0 Å². The first-order valence-electron chi connectivity index (χ1n) is 8.86. The average molecular weight is 367 g/mol. The molecule has 1 amide bonds. The molecule has 1 saturated heterocycles. The number of rotatable bonds is 2. The molecule has 0 aliphatic carbocycles. The van der Waals surface area contributed by atoms with E-state index in [1.165, 1.54) is 12.0 Å². The van der Waals surface area contributed by atoms with Crippen LogP contribution in [-0.4, -0.2) is 60.6 Å². The molecular formula is C18H30BNO6. The van der Waals surface area contributed by atoms with E-state index in [0.717, 1.165) is 0 Å². The number of carbonyl (C=O) groups excluding carboxylic acids is 2. The molecule has 0 bridgehead atoms. The highest BCUT2D eigenvalue weighted by atomic mass is 16.7. The third-order valence-corrected chi connectivity index (χ3v) is 5.16. The molecule has 0 spiro atoms. The van der Waals surface area contributed by atoms with Crippen LogP contribution in [0.2, 0.25) is 0 Å². The van der Waals surface area contributed by atoms with Gasteiger partial charge in [0, 0.05) is 0 Å². The molecule has 7 nitrogen and oxygen atoms in total. The Balaban J connectivity index is 2.35. The summed E-state index contributed by atoms with van der Waals surface area (Å²) in [7, 11) is 0.592. The zero-order valence-electron chi connectivity index (χ0n) is 17.3. The summed E-state index contributed by atoms with van der Waals surface area (Å²) < 4.78 is 22.6. The normalized spacial score (nSPS) is 24.9. The Morgan fingerprint density at radius 3 is 2.08 bits per heavy atom. The van der Waals surface area contributed by atoms with Crippen LogP contribution in [0.3, 0.4) is 0 Å². The molecular weight excluding hydrogens is 337 g/mol. The second-order valence-corrected chi connectivity index (χ2v) is 8.80. The van der Waals surface area contributed by atoms with Crippen molar-refractivity contribution in [2.45, 2.75) is 78.2 Å². The summed E-state index contributed by atoms with van der Waals surface area (Å²) in [6, 6.07) is -0.409. The summed E-state index contributed by atoms with van der Waals surface area (Å²) >= 11 is 0. The maximum absolute atomic E-state index is 12.6. The monoisotopic (exact) mass is 367 g/mol. The highest BCUT2D eigenvalue weighted by Gasteiger charge is 2.56. The van der Waals surface area contributed by atoms with Crippen molar-refractivity contribution in [3.63, 3.8) is 0 Å². The zero-order valence-corrected chi connectivity index (χ0v) is 17.3. The topological polar surface area (TPSA) is 74.3 Å². The molecule has 2 heterocycles. The van der Waals surface area contributed by atoms with Crippen LogP contribution >= 0.6 is 0 Å². The Morgan fingerprint density at radius 1 is 1.15 bits per heavy atom. The number of hydrogen-bond donors (Lipinski definition) is 0. The first-order valence-corrected chi connectivity index (χ1v) is 8.86. The second-order valence-electron chi connectivity index (χ2n) is 8.80. The summed E-state index contributed by atoms with van der Waals surface area (Å²) in [4.78, 5) is 26.4. The molecule has 146 valence electrons. The lowest BCUT2D eigenvalue weighted by atomic mass is 9.73. The number of methoxy groups -OCH3 is 1. The highest BCUT2D eigenvalue weighted by molar-refractivity contribution is 6.56.